The number of hydrogen-bond acceptors (Lipinski definition) is 3. The van der Waals surface area contributed by atoms with E-state index in [2.05, 4.69) is 0 Å². The molecule has 2 N–H and O–H groups in total. The van der Waals surface area contributed by atoms with Crippen molar-refractivity contribution in [2.24, 2.45) is 0 Å². The highest BCUT2D eigenvalue weighted by molar-refractivity contribution is 5.42. The number of hydrogen-bond donors (Lipinski definition) is 2. The van der Waals surface area contributed by atoms with Gasteiger partial charge in [-0.15, -0.1) is 0 Å². The van der Waals surface area contributed by atoms with Crippen molar-refractivity contribution in [2.45, 2.75) is 26.4 Å². The summed E-state index contributed by atoms with van der Waals surface area (Å²) in [5.74, 6) is 0.833. The van der Waals surface area contributed by atoms with E-state index in [-0.39, 0.29) is 13.2 Å². The molecule has 1 rings (SSSR count). The number of ether oxygens (including phenoxy) is 1. The zero-order valence-electron chi connectivity index (χ0n) is 9.29. The molecule has 0 aromatic heterocycles. The minimum atomic E-state index is 0.0333. The molecule has 0 amide bonds. The molecule has 0 aliphatic carbocycles. The third-order valence-electron chi connectivity index (χ3n) is 2.49. The SMILES string of the molecule is COc1cc(CCCO)c(CO)cc1C. The highest BCUT2D eigenvalue weighted by Gasteiger charge is 2.06. The Morgan fingerprint density at radius 1 is 1.20 bits per heavy atom. The van der Waals surface area contributed by atoms with Crippen LogP contribution in [0.5, 0.6) is 5.75 Å². The molecule has 0 aliphatic rings. The lowest BCUT2D eigenvalue weighted by Crippen LogP contribution is -1.99. The molecule has 1 aromatic carbocycles. The Hall–Kier alpha value is -1.06. The number of aliphatic hydroxyl groups is 2. The Bertz CT molecular complexity index is 321. The second kappa shape index (κ2) is 5.73. The first-order valence-corrected chi connectivity index (χ1v) is 5.11. The largest absolute Gasteiger partial charge is 0.496 e. The second-order valence-corrected chi connectivity index (χ2v) is 3.58. The average Bonchev–Trinajstić information content (AvgIpc) is 2.26. The van der Waals surface area contributed by atoms with Crippen LogP contribution in [0.1, 0.15) is 23.1 Å². The fourth-order valence-electron chi connectivity index (χ4n) is 1.66. The summed E-state index contributed by atoms with van der Waals surface area (Å²) < 4.78 is 5.22. The van der Waals surface area contributed by atoms with Gasteiger partial charge in [-0.3, -0.25) is 0 Å². The number of aliphatic hydroxyl groups excluding tert-OH is 2. The molecule has 0 spiro atoms. The highest BCUT2D eigenvalue weighted by atomic mass is 16.5. The normalized spacial score (nSPS) is 10.4. The molecule has 0 saturated carbocycles. The van der Waals surface area contributed by atoms with Crippen LogP contribution in [0.15, 0.2) is 12.1 Å². The third-order valence-corrected chi connectivity index (χ3v) is 2.49. The van der Waals surface area contributed by atoms with Gasteiger partial charge in [-0.1, -0.05) is 0 Å². The van der Waals surface area contributed by atoms with Crippen LogP contribution in [0.25, 0.3) is 0 Å². The molecule has 84 valence electrons. The number of rotatable bonds is 5. The first-order valence-electron chi connectivity index (χ1n) is 5.11. The van der Waals surface area contributed by atoms with E-state index in [0.717, 1.165) is 28.9 Å². The Labute approximate surface area is 90.3 Å². The van der Waals surface area contributed by atoms with Gasteiger partial charge in [0.1, 0.15) is 5.75 Å². The molecule has 0 bridgehead atoms. The molecule has 0 fully saturated rings. The molecule has 15 heavy (non-hydrogen) atoms. The van der Waals surface area contributed by atoms with Gasteiger partial charge in [0, 0.05) is 6.61 Å². The van der Waals surface area contributed by atoms with Gasteiger partial charge in [-0.05, 0) is 48.6 Å². The monoisotopic (exact) mass is 210 g/mol. The van der Waals surface area contributed by atoms with Gasteiger partial charge in [0.15, 0.2) is 0 Å². The smallest absolute Gasteiger partial charge is 0.122 e. The van der Waals surface area contributed by atoms with Crippen LogP contribution in [-0.2, 0) is 13.0 Å². The molecule has 0 radical (unpaired) electrons. The van der Waals surface area contributed by atoms with Crippen molar-refractivity contribution in [3.63, 3.8) is 0 Å². The van der Waals surface area contributed by atoms with Gasteiger partial charge in [0.2, 0.25) is 0 Å². The fourth-order valence-corrected chi connectivity index (χ4v) is 1.66. The molecular weight excluding hydrogens is 192 g/mol. The summed E-state index contributed by atoms with van der Waals surface area (Å²) in [6.07, 6.45) is 1.47. The van der Waals surface area contributed by atoms with Gasteiger partial charge in [-0.2, -0.15) is 0 Å². The van der Waals surface area contributed by atoms with E-state index in [4.69, 9.17) is 9.84 Å². The lowest BCUT2D eigenvalue weighted by molar-refractivity contribution is 0.276. The van der Waals surface area contributed by atoms with Crippen LogP contribution in [0.2, 0.25) is 0 Å². The van der Waals surface area contributed by atoms with Crippen LogP contribution in [-0.4, -0.2) is 23.9 Å². The Morgan fingerprint density at radius 2 is 1.93 bits per heavy atom. The maximum absolute atomic E-state index is 9.20. The van der Waals surface area contributed by atoms with E-state index in [0.29, 0.717) is 6.42 Å². The maximum atomic E-state index is 9.20. The van der Waals surface area contributed by atoms with E-state index in [9.17, 15) is 5.11 Å². The van der Waals surface area contributed by atoms with Crippen molar-refractivity contribution in [3.8, 4) is 5.75 Å². The summed E-state index contributed by atoms with van der Waals surface area (Å²) >= 11 is 0. The lowest BCUT2D eigenvalue weighted by Gasteiger charge is -2.12. The third kappa shape index (κ3) is 2.94. The molecule has 0 atom stereocenters. The molecule has 0 saturated heterocycles. The summed E-state index contributed by atoms with van der Waals surface area (Å²) in [7, 11) is 1.64. The number of benzene rings is 1. The van der Waals surface area contributed by atoms with Crippen LogP contribution in [0.3, 0.4) is 0 Å². The van der Waals surface area contributed by atoms with Gasteiger partial charge in [0.25, 0.3) is 0 Å². The summed E-state index contributed by atoms with van der Waals surface area (Å²) in [5, 5.41) is 18.0. The van der Waals surface area contributed by atoms with Crippen LogP contribution < -0.4 is 4.74 Å². The van der Waals surface area contributed by atoms with E-state index < -0.39 is 0 Å². The predicted octanol–water partition coefficient (Wildman–Crippen LogP) is 1.42. The topological polar surface area (TPSA) is 49.7 Å². The molecule has 0 heterocycles. The van der Waals surface area contributed by atoms with E-state index in [1.54, 1.807) is 7.11 Å². The Kier molecular flexibility index (Phi) is 4.59. The average molecular weight is 210 g/mol. The van der Waals surface area contributed by atoms with E-state index in [1.807, 2.05) is 19.1 Å². The zero-order valence-corrected chi connectivity index (χ0v) is 9.29. The van der Waals surface area contributed by atoms with Crippen molar-refractivity contribution in [1.29, 1.82) is 0 Å². The highest BCUT2D eigenvalue weighted by Crippen LogP contribution is 2.24. The summed E-state index contributed by atoms with van der Waals surface area (Å²) in [4.78, 5) is 0. The molecule has 3 nitrogen and oxygen atoms in total. The minimum Gasteiger partial charge on any atom is -0.496 e. The van der Waals surface area contributed by atoms with E-state index >= 15 is 0 Å². The van der Waals surface area contributed by atoms with Gasteiger partial charge >= 0.3 is 0 Å². The summed E-state index contributed by atoms with van der Waals surface area (Å²) in [6.45, 7) is 2.15. The van der Waals surface area contributed by atoms with Crippen molar-refractivity contribution in [1.82, 2.24) is 0 Å². The second-order valence-electron chi connectivity index (χ2n) is 3.58. The number of methoxy groups -OCH3 is 1. The maximum Gasteiger partial charge on any atom is 0.122 e. The molecule has 0 aliphatic heterocycles. The van der Waals surface area contributed by atoms with E-state index in [1.165, 1.54) is 0 Å². The zero-order chi connectivity index (χ0) is 11.3. The van der Waals surface area contributed by atoms with Gasteiger partial charge in [-0.25, -0.2) is 0 Å². The Morgan fingerprint density at radius 3 is 2.47 bits per heavy atom. The van der Waals surface area contributed by atoms with Crippen molar-refractivity contribution < 1.29 is 14.9 Å². The fraction of sp³-hybridized carbons (Fsp3) is 0.500. The summed E-state index contributed by atoms with van der Waals surface area (Å²) in [5.41, 5.74) is 2.99. The van der Waals surface area contributed by atoms with Crippen molar-refractivity contribution in [3.05, 3.63) is 28.8 Å². The number of aryl methyl sites for hydroxylation is 2. The van der Waals surface area contributed by atoms with Crippen LogP contribution >= 0.6 is 0 Å². The summed E-state index contributed by atoms with van der Waals surface area (Å²) in [6, 6.07) is 3.88. The van der Waals surface area contributed by atoms with Gasteiger partial charge < -0.3 is 14.9 Å². The van der Waals surface area contributed by atoms with Crippen LogP contribution in [0.4, 0.5) is 0 Å². The van der Waals surface area contributed by atoms with Crippen molar-refractivity contribution in [2.75, 3.05) is 13.7 Å². The predicted molar refractivity (Wildman–Crippen MR) is 59.1 cm³/mol. The first kappa shape index (κ1) is 12.0. The molecule has 3 heteroatoms. The van der Waals surface area contributed by atoms with Crippen molar-refractivity contribution >= 4 is 0 Å². The molecule has 0 unspecified atom stereocenters. The standard InChI is InChI=1S/C12H18O3/c1-9-6-11(8-14)10(4-3-5-13)7-12(9)15-2/h6-7,13-14H,3-5,8H2,1-2H3. The minimum absolute atomic E-state index is 0.0333. The Balaban J connectivity index is 2.99. The molecule has 1 aromatic rings. The molecular formula is C12H18O3. The van der Waals surface area contributed by atoms with Crippen LogP contribution in [0, 0.1) is 6.92 Å². The first-order chi connectivity index (χ1) is 7.22. The quantitative estimate of drug-likeness (QED) is 0.772. The van der Waals surface area contributed by atoms with Gasteiger partial charge in [0.05, 0.1) is 13.7 Å². The lowest BCUT2D eigenvalue weighted by atomic mass is 10.0.